The monoisotopic (exact) mass is 230 g/mol. The summed E-state index contributed by atoms with van der Waals surface area (Å²) < 4.78 is 0. The van der Waals surface area contributed by atoms with Gasteiger partial charge in [-0.2, -0.15) is 0 Å². The Labute approximate surface area is 100 Å². The van der Waals surface area contributed by atoms with Gasteiger partial charge in [0.2, 0.25) is 5.91 Å². The van der Waals surface area contributed by atoms with Crippen molar-refractivity contribution in [2.24, 2.45) is 5.73 Å². The molecule has 1 rings (SSSR count). The summed E-state index contributed by atoms with van der Waals surface area (Å²) in [4.78, 5) is 22.6. The van der Waals surface area contributed by atoms with E-state index in [-0.39, 0.29) is 18.1 Å². The third kappa shape index (κ3) is 3.74. The van der Waals surface area contributed by atoms with Gasteiger partial charge in [0, 0.05) is 17.7 Å². The van der Waals surface area contributed by atoms with Crippen molar-refractivity contribution in [3.63, 3.8) is 0 Å². The van der Waals surface area contributed by atoms with Crippen molar-refractivity contribution < 1.29 is 9.59 Å². The molecule has 0 saturated heterocycles. The molecule has 0 spiro atoms. The molecule has 1 amide bonds. The first-order valence-corrected chi connectivity index (χ1v) is 5.15. The zero-order valence-electron chi connectivity index (χ0n) is 9.57. The Kier molecular flexibility index (Phi) is 4.44. The van der Waals surface area contributed by atoms with Gasteiger partial charge in [-0.1, -0.05) is 0 Å². The van der Waals surface area contributed by atoms with Gasteiger partial charge in [0.1, 0.15) is 0 Å². The number of benzene rings is 1. The Morgan fingerprint density at radius 3 is 2.47 bits per heavy atom. The molecule has 0 fully saturated rings. The molecule has 88 valence electrons. The molecule has 0 bridgehead atoms. The minimum Gasteiger partial charge on any atom is -0.325 e. The number of terminal acetylenes is 1. The lowest BCUT2D eigenvalue weighted by Gasteiger charge is -2.09. The highest BCUT2D eigenvalue weighted by Crippen LogP contribution is 2.10. The van der Waals surface area contributed by atoms with Crippen molar-refractivity contribution >= 4 is 17.4 Å². The number of rotatable bonds is 4. The lowest BCUT2D eigenvalue weighted by molar-refractivity contribution is -0.117. The second-order valence-electron chi connectivity index (χ2n) is 3.64. The van der Waals surface area contributed by atoms with Gasteiger partial charge in [-0.25, -0.2) is 0 Å². The number of carbonyl (C=O) groups excluding carboxylic acids is 2. The van der Waals surface area contributed by atoms with E-state index in [1.165, 1.54) is 6.92 Å². The van der Waals surface area contributed by atoms with E-state index in [0.717, 1.165) is 0 Å². The van der Waals surface area contributed by atoms with Gasteiger partial charge < -0.3 is 11.1 Å². The van der Waals surface area contributed by atoms with E-state index in [0.29, 0.717) is 11.3 Å². The van der Waals surface area contributed by atoms with Crippen LogP contribution in [0.4, 0.5) is 5.69 Å². The maximum Gasteiger partial charge on any atom is 0.242 e. The normalized spacial score (nSPS) is 11.4. The van der Waals surface area contributed by atoms with E-state index in [2.05, 4.69) is 11.2 Å². The molecule has 0 aliphatic carbocycles. The molecule has 0 aromatic heterocycles. The van der Waals surface area contributed by atoms with E-state index in [1.807, 2.05) is 0 Å². The van der Waals surface area contributed by atoms with Crippen LogP contribution in [0.3, 0.4) is 0 Å². The third-order valence-electron chi connectivity index (χ3n) is 2.23. The van der Waals surface area contributed by atoms with Crippen LogP contribution < -0.4 is 11.1 Å². The molecule has 17 heavy (non-hydrogen) atoms. The lowest BCUT2D eigenvalue weighted by Crippen LogP contribution is -2.35. The van der Waals surface area contributed by atoms with E-state index in [1.54, 1.807) is 24.3 Å². The molecule has 0 heterocycles. The molecule has 0 aliphatic heterocycles. The Morgan fingerprint density at radius 1 is 1.41 bits per heavy atom. The summed E-state index contributed by atoms with van der Waals surface area (Å²) >= 11 is 0. The molecular formula is C13H14N2O2. The average Bonchev–Trinajstić information content (AvgIpc) is 2.30. The fourth-order valence-corrected chi connectivity index (χ4v) is 1.24. The summed E-state index contributed by atoms with van der Waals surface area (Å²) in [5.41, 5.74) is 6.73. The van der Waals surface area contributed by atoms with Gasteiger partial charge in [0.05, 0.1) is 6.04 Å². The van der Waals surface area contributed by atoms with Gasteiger partial charge in [-0.05, 0) is 31.2 Å². The fourth-order valence-electron chi connectivity index (χ4n) is 1.24. The van der Waals surface area contributed by atoms with Crippen molar-refractivity contribution in [2.45, 2.75) is 19.4 Å². The van der Waals surface area contributed by atoms with Crippen LogP contribution >= 0.6 is 0 Å². The maximum atomic E-state index is 11.5. The van der Waals surface area contributed by atoms with E-state index >= 15 is 0 Å². The topological polar surface area (TPSA) is 72.2 Å². The van der Waals surface area contributed by atoms with Gasteiger partial charge in [0.15, 0.2) is 5.78 Å². The summed E-state index contributed by atoms with van der Waals surface area (Å²) in [6.07, 6.45) is 5.26. The molecule has 0 saturated carbocycles. The third-order valence-corrected chi connectivity index (χ3v) is 2.23. The number of amides is 1. The Balaban J connectivity index is 2.67. The SMILES string of the molecule is C#CCC(N)C(=O)Nc1ccc(C(C)=O)cc1. The summed E-state index contributed by atoms with van der Waals surface area (Å²) in [7, 11) is 0. The number of Topliss-reactive ketones (excluding diaryl/α,β-unsaturated/α-hetero) is 1. The number of anilines is 1. The molecule has 0 aliphatic rings. The number of carbonyl (C=O) groups is 2. The second kappa shape index (κ2) is 5.83. The predicted molar refractivity (Wildman–Crippen MR) is 66.5 cm³/mol. The van der Waals surface area contributed by atoms with E-state index < -0.39 is 6.04 Å². The maximum absolute atomic E-state index is 11.5. The highest BCUT2D eigenvalue weighted by Gasteiger charge is 2.11. The quantitative estimate of drug-likeness (QED) is 0.602. The first-order chi connectivity index (χ1) is 8.04. The Bertz CT molecular complexity index is 457. The minimum atomic E-state index is -0.715. The molecule has 0 radical (unpaired) electrons. The fraction of sp³-hybridized carbons (Fsp3) is 0.231. The lowest BCUT2D eigenvalue weighted by atomic mass is 10.1. The summed E-state index contributed by atoms with van der Waals surface area (Å²) in [5.74, 6) is 1.97. The molecular weight excluding hydrogens is 216 g/mol. The molecule has 4 nitrogen and oxygen atoms in total. The zero-order valence-corrected chi connectivity index (χ0v) is 9.57. The summed E-state index contributed by atoms with van der Waals surface area (Å²) in [5, 5.41) is 2.62. The minimum absolute atomic E-state index is 0.0214. The highest BCUT2D eigenvalue weighted by atomic mass is 16.2. The molecule has 1 aromatic carbocycles. The molecule has 1 atom stereocenters. The van der Waals surface area contributed by atoms with Crippen LogP contribution in [-0.2, 0) is 4.79 Å². The highest BCUT2D eigenvalue weighted by molar-refractivity contribution is 5.97. The molecule has 1 unspecified atom stereocenters. The Morgan fingerprint density at radius 2 is 2.00 bits per heavy atom. The number of nitrogens with one attached hydrogen (secondary N) is 1. The van der Waals surface area contributed by atoms with Crippen LogP contribution in [0.1, 0.15) is 23.7 Å². The predicted octanol–water partition coefficient (Wildman–Crippen LogP) is 1.18. The number of hydrogen-bond donors (Lipinski definition) is 2. The summed E-state index contributed by atoms with van der Waals surface area (Å²) in [6.45, 7) is 1.48. The number of nitrogens with two attached hydrogens (primary N) is 1. The smallest absolute Gasteiger partial charge is 0.242 e. The van der Waals surface area contributed by atoms with Gasteiger partial charge in [0.25, 0.3) is 0 Å². The van der Waals surface area contributed by atoms with Gasteiger partial charge in [-0.3, -0.25) is 9.59 Å². The zero-order chi connectivity index (χ0) is 12.8. The van der Waals surface area contributed by atoms with E-state index in [9.17, 15) is 9.59 Å². The first-order valence-electron chi connectivity index (χ1n) is 5.15. The molecule has 4 heteroatoms. The van der Waals surface area contributed by atoms with Gasteiger partial charge >= 0.3 is 0 Å². The van der Waals surface area contributed by atoms with Crippen LogP contribution in [0.15, 0.2) is 24.3 Å². The molecule has 1 aromatic rings. The van der Waals surface area contributed by atoms with Crippen molar-refractivity contribution in [1.82, 2.24) is 0 Å². The second-order valence-corrected chi connectivity index (χ2v) is 3.64. The van der Waals surface area contributed by atoms with Crippen molar-refractivity contribution in [3.8, 4) is 12.3 Å². The average molecular weight is 230 g/mol. The van der Waals surface area contributed by atoms with Crippen LogP contribution in [0.2, 0.25) is 0 Å². The largest absolute Gasteiger partial charge is 0.325 e. The van der Waals surface area contributed by atoms with Crippen molar-refractivity contribution in [2.75, 3.05) is 5.32 Å². The van der Waals surface area contributed by atoms with Crippen LogP contribution in [0, 0.1) is 12.3 Å². The van der Waals surface area contributed by atoms with Crippen molar-refractivity contribution in [3.05, 3.63) is 29.8 Å². The Hall–Kier alpha value is -2.12. The van der Waals surface area contributed by atoms with Crippen LogP contribution in [0.5, 0.6) is 0 Å². The molecule has 3 N–H and O–H groups in total. The van der Waals surface area contributed by atoms with Crippen molar-refractivity contribution in [1.29, 1.82) is 0 Å². The van der Waals surface area contributed by atoms with Crippen LogP contribution in [-0.4, -0.2) is 17.7 Å². The van der Waals surface area contributed by atoms with Gasteiger partial charge in [-0.15, -0.1) is 12.3 Å². The summed E-state index contributed by atoms with van der Waals surface area (Å²) in [6, 6.07) is 5.87. The number of ketones is 1. The first kappa shape index (κ1) is 12.9. The van der Waals surface area contributed by atoms with E-state index in [4.69, 9.17) is 12.2 Å². The standard InChI is InChI=1S/C13H14N2O2/c1-3-4-12(14)13(17)15-11-7-5-10(6-8-11)9(2)16/h1,5-8,12H,4,14H2,2H3,(H,15,17). The van der Waals surface area contributed by atoms with Crippen LogP contribution in [0.25, 0.3) is 0 Å². The number of hydrogen-bond acceptors (Lipinski definition) is 3.